The molecule has 0 atom stereocenters. The van der Waals surface area contributed by atoms with E-state index < -0.39 is 6.36 Å². The summed E-state index contributed by atoms with van der Waals surface area (Å²) in [5.74, 6) is 0.0526. The molecule has 0 spiro atoms. The number of rotatable bonds is 4. The van der Waals surface area contributed by atoms with Crippen molar-refractivity contribution >= 4 is 18.0 Å². The number of anilines is 1. The Balaban J connectivity index is 1.90. The Hall–Kier alpha value is -3.28. The van der Waals surface area contributed by atoms with Crippen molar-refractivity contribution in [3.63, 3.8) is 0 Å². The molecule has 0 aliphatic rings. The van der Waals surface area contributed by atoms with E-state index in [1.807, 2.05) is 42.5 Å². The van der Waals surface area contributed by atoms with E-state index in [4.69, 9.17) is 5.73 Å². The van der Waals surface area contributed by atoms with Crippen LogP contribution in [0.2, 0.25) is 0 Å². The van der Waals surface area contributed by atoms with E-state index in [0.717, 1.165) is 5.56 Å². The Morgan fingerprint density at radius 3 is 2.38 bits per heavy atom. The summed E-state index contributed by atoms with van der Waals surface area (Å²) >= 11 is 0. The number of nitrogens with two attached hydrogens (primary N) is 1. The second kappa shape index (κ2) is 7.31. The molecule has 26 heavy (non-hydrogen) atoms. The minimum Gasteiger partial charge on any atom is -0.406 e. The van der Waals surface area contributed by atoms with Crippen LogP contribution < -0.4 is 10.5 Å². The van der Waals surface area contributed by atoms with Gasteiger partial charge in [-0.1, -0.05) is 54.6 Å². The maximum atomic E-state index is 12.4. The lowest BCUT2D eigenvalue weighted by molar-refractivity contribution is -0.274. The summed E-state index contributed by atoms with van der Waals surface area (Å²) in [5, 5.41) is 0. The topological polar surface area (TPSA) is 48.1 Å². The molecule has 0 saturated heterocycles. The second-order valence-electron chi connectivity index (χ2n) is 5.52. The van der Waals surface area contributed by atoms with Crippen molar-refractivity contribution in [2.24, 2.45) is 0 Å². The van der Waals surface area contributed by atoms with Crippen LogP contribution in [0, 0.1) is 0 Å². The predicted molar refractivity (Wildman–Crippen MR) is 96.1 cm³/mol. The van der Waals surface area contributed by atoms with E-state index in [0.29, 0.717) is 22.5 Å². The van der Waals surface area contributed by atoms with Gasteiger partial charge in [-0.3, -0.25) is 0 Å². The molecule has 3 rings (SSSR count). The van der Waals surface area contributed by atoms with E-state index in [9.17, 15) is 13.2 Å². The molecule has 0 saturated carbocycles. The number of hydrogen-bond acceptors (Lipinski definition) is 3. The molecule has 3 aromatic rings. The predicted octanol–water partition coefficient (Wildman–Crippen LogP) is 5.40. The van der Waals surface area contributed by atoms with E-state index in [1.54, 1.807) is 12.1 Å². The smallest absolute Gasteiger partial charge is 0.406 e. The highest BCUT2D eigenvalue weighted by atomic mass is 19.4. The quantitative estimate of drug-likeness (QED) is 0.681. The average Bonchev–Trinajstić information content (AvgIpc) is 2.61. The van der Waals surface area contributed by atoms with Crippen LogP contribution in [0.3, 0.4) is 0 Å². The van der Waals surface area contributed by atoms with Gasteiger partial charge < -0.3 is 10.5 Å². The monoisotopic (exact) mass is 356 g/mol. The molecule has 2 N–H and O–H groups in total. The van der Waals surface area contributed by atoms with Crippen molar-refractivity contribution in [3.05, 3.63) is 78.0 Å². The first-order valence-electron chi connectivity index (χ1n) is 7.75. The Labute approximate surface area is 148 Å². The van der Waals surface area contributed by atoms with Crippen molar-refractivity contribution in [1.82, 2.24) is 4.98 Å². The number of ether oxygens (including phenoxy) is 1. The summed E-state index contributed by atoms with van der Waals surface area (Å²) in [7, 11) is 0. The SMILES string of the molecule is Nc1ncc(-c2cccc(OC(F)(F)F)c2)cc1/C=C\c1ccccc1. The van der Waals surface area contributed by atoms with Crippen LogP contribution in [0.25, 0.3) is 23.3 Å². The molecule has 0 aliphatic carbocycles. The largest absolute Gasteiger partial charge is 0.573 e. The highest BCUT2D eigenvalue weighted by Gasteiger charge is 2.31. The van der Waals surface area contributed by atoms with Crippen LogP contribution in [-0.2, 0) is 0 Å². The first kappa shape index (κ1) is 17.5. The van der Waals surface area contributed by atoms with Crippen molar-refractivity contribution < 1.29 is 17.9 Å². The molecule has 1 heterocycles. The van der Waals surface area contributed by atoms with E-state index in [-0.39, 0.29) is 5.75 Å². The first-order chi connectivity index (χ1) is 12.4. The number of nitrogens with zero attached hydrogens (tertiary/aromatic N) is 1. The zero-order valence-electron chi connectivity index (χ0n) is 13.6. The fraction of sp³-hybridized carbons (Fsp3) is 0.0500. The third kappa shape index (κ3) is 4.63. The first-order valence-corrected chi connectivity index (χ1v) is 7.75. The number of alkyl halides is 3. The zero-order chi connectivity index (χ0) is 18.6. The molecule has 0 unspecified atom stereocenters. The Morgan fingerprint density at radius 2 is 1.65 bits per heavy atom. The molecule has 0 aliphatic heterocycles. The standard InChI is InChI=1S/C20H15F3N2O/c21-20(22,23)26-18-8-4-7-15(12-18)17-11-16(19(24)25-13-17)10-9-14-5-2-1-3-6-14/h1-13H,(H2,24,25)/b10-9-. The van der Waals surface area contributed by atoms with Gasteiger partial charge in [-0.15, -0.1) is 13.2 Å². The maximum Gasteiger partial charge on any atom is 0.573 e. The van der Waals surface area contributed by atoms with Crippen LogP contribution in [0.15, 0.2) is 66.9 Å². The molecule has 132 valence electrons. The molecule has 0 fully saturated rings. The summed E-state index contributed by atoms with van der Waals surface area (Å²) in [5.41, 5.74) is 8.77. The van der Waals surface area contributed by atoms with Gasteiger partial charge in [0.1, 0.15) is 11.6 Å². The maximum absolute atomic E-state index is 12.4. The second-order valence-corrected chi connectivity index (χ2v) is 5.52. The molecule has 0 bridgehead atoms. The Kier molecular flexibility index (Phi) is 4.93. The van der Waals surface area contributed by atoms with Crippen molar-refractivity contribution in [3.8, 4) is 16.9 Å². The van der Waals surface area contributed by atoms with Gasteiger partial charge in [0.05, 0.1) is 0 Å². The fourth-order valence-corrected chi connectivity index (χ4v) is 2.41. The third-order valence-electron chi connectivity index (χ3n) is 3.61. The molecule has 3 nitrogen and oxygen atoms in total. The number of nitrogen functional groups attached to an aromatic ring is 1. The molecule has 2 aromatic carbocycles. The molecular weight excluding hydrogens is 341 g/mol. The van der Waals surface area contributed by atoms with Gasteiger partial charge >= 0.3 is 6.36 Å². The number of halogens is 3. The highest BCUT2D eigenvalue weighted by Crippen LogP contribution is 2.29. The average molecular weight is 356 g/mol. The van der Waals surface area contributed by atoms with E-state index in [1.165, 1.54) is 24.4 Å². The zero-order valence-corrected chi connectivity index (χ0v) is 13.6. The molecule has 6 heteroatoms. The molecule has 0 radical (unpaired) electrons. The molecule has 0 amide bonds. The normalized spacial score (nSPS) is 11.7. The van der Waals surface area contributed by atoms with E-state index >= 15 is 0 Å². The van der Waals surface area contributed by atoms with Gasteiger partial charge in [0.2, 0.25) is 0 Å². The number of aromatic nitrogens is 1. The summed E-state index contributed by atoms with van der Waals surface area (Å²) in [6, 6.07) is 17.2. The fourth-order valence-electron chi connectivity index (χ4n) is 2.41. The summed E-state index contributed by atoms with van der Waals surface area (Å²) < 4.78 is 41.1. The molecular formula is C20H15F3N2O. The molecule has 1 aromatic heterocycles. The third-order valence-corrected chi connectivity index (χ3v) is 3.61. The van der Waals surface area contributed by atoms with Gasteiger partial charge in [0.25, 0.3) is 0 Å². The summed E-state index contributed by atoms with van der Waals surface area (Å²) in [6.45, 7) is 0. The lowest BCUT2D eigenvalue weighted by Gasteiger charge is -2.10. The van der Waals surface area contributed by atoms with Gasteiger partial charge in [0.15, 0.2) is 0 Å². The van der Waals surface area contributed by atoms with Crippen LogP contribution >= 0.6 is 0 Å². The Bertz CT molecular complexity index is 922. The van der Waals surface area contributed by atoms with Gasteiger partial charge in [0, 0.05) is 17.3 Å². The van der Waals surface area contributed by atoms with Crippen LogP contribution in [0.4, 0.5) is 19.0 Å². The number of benzene rings is 2. The van der Waals surface area contributed by atoms with Crippen LogP contribution in [0.5, 0.6) is 5.75 Å². The summed E-state index contributed by atoms with van der Waals surface area (Å²) in [6.07, 6.45) is 0.487. The van der Waals surface area contributed by atoms with Gasteiger partial charge in [-0.05, 0) is 29.3 Å². The minimum atomic E-state index is -4.73. The number of hydrogen-bond donors (Lipinski definition) is 1. The Morgan fingerprint density at radius 1 is 0.885 bits per heavy atom. The number of pyridine rings is 1. The lowest BCUT2D eigenvalue weighted by Crippen LogP contribution is -2.17. The van der Waals surface area contributed by atoms with E-state index in [2.05, 4.69) is 9.72 Å². The minimum absolute atomic E-state index is 0.284. The van der Waals surface area contributed by atoms with Gasteiger partial charge in [-0.25, -0.2) is 4.98 Å². The highest BCUT2D eigenvalue weighted by molar-refractivity contribution is 5.78. The lowest BCUT2D eigenvalue weighted by atomic mass is 10.0. The van der Waals surface area contributed by atoms with Crippen molar-refractivity contribution in [2.75, 3.05) is 5.73 Å². The summed E-state index contributed by atoms with van der Waals surface area (Å²) in [4.78, 5) is 4.14. The van der Waals surface area contributed by atoms with Gasteiger partial charge in [-0.2, -0.15) is 0 Å². The van der Waals surface area contributed by atoms with Crippen LogP contribution in [-0.4, -0.2) is 11.3 Å². The van der Waals surface area contributed by atoms with Crippen molar-refractivity contribution in [2.45, 2.75) is 6.36 Å². The van der Waals surface area contributed by atoms with Crippen LogP contribution in [0.1, 0.15) is 11.1 Å². The van der Waals surface area contributed by atoms with Crippen molar-refractivity contribution in [1.29, 1.82) is 0 Å².